The number of aliphatic carboxylic acids is 1. The number of thiophene rings is 1. The molecule has 0 bridgehead atoms. The van der Waals surface area contributed by atoms with Crippen LogP contribution in [0.2, 0.25) is 0 Å². The van der Waals surface area contributed by atoms with E-state index in [1.807, 2.05) is 11.4 Å². The second-order valence-corrected chi connectivity index (χ2v) is 5.52. The van der Waals surface area contributed by atoms with Gasteiger partial charge < -0.3 is 14.6 Å². The number of carboxylic acid groups (broad SMARTS) is 1. The second kappa shape index (κ2) is 6.36. The van der Waals surface area contributed by atoms with Gasteiger partial charge in [0, 0.05) is 31.6 Å². The highest BCUT2D eigenvalue weighted by Crippen LogP contribution is 2.18. The van der Waals surface area contributed by atoms with Gasteiger partial charge in [0.1, 0.15) is 5.69 Å². The van der Waals surface area contributed by atoms with E-state index in [1.54, 1.807) is 36.0 Å². The number of imidazole rings is 1. The lowest BCUT2D eigenvalue weighted by atomic mass is 10.2. The van der Waals surface area contributed by atoms with Crippen LogP contribution in [0.4, 0.5) is 0 Å². The Kier molecular flexibility index (Phi) is 4.54. The normalized spacial score (nSPS) is 11.0. The van der Waals surface area contributed by atoms with Crippen molar-refractivity contribution in [2.45, 2.75) is 6.54 Å². The number of amides is 1. The Morgan fingerprint density at radius 2 is 2.29 bits per heavy atom. The van der Waals surface area contributed by atoms with Crippen molar-refractivity contribution in [2.24, 2.45) is 7.05 Å². The largest absolute Gasteiger partial charge is 0.478 e. The summed E-state index contributed by atoms with van der Waals surface area (Å²) < 4.78 is 1.67. The van der Waals surface area contributed by atoms with Crippen LogP contribution in [0.1, 0.15) is 20.9 Å². The zero-order valence-electron chi connectivity index (χ0n) is 11.7. The van der Waals surface area contributed by atoms with Crippen molar-refractivity contribution >= 4 is 29.3 Å². The zero-order chi connectivity index (χ0) is 15.4. The molecule has 2 aromatic heterocycles. The predicted molar refractivity (Wildman–Crippen MR) is 80.0 cm³/mol. The third-order valence-corrected chi connectivity index (χ3v) is 3.81. The summed E-state index contributed by atoms with van der Waals surface area (Å²) in [5.41, 5.74) is 1.49. The molecule has 0 saturated heterocycles. The van der Waals surface area contributed by atoms with Gasteiger partial charge in [-0.05, 0) is 23.1 Å². The summed E-state index contributed by atoms with van der Waals surface area (Å²) in [6.07, 6.45) is 5.76. The first-order valence-corrected chi connectivity index (χ1v) is 7.05. The minimum Gasteiger partial charge on any atom is -0.478 e. The van der Waals surface area contributed by atoms with Crippen molar-refractivity contribution in [1.29, 1.82) is 0 Å². The number of rotatable bonds is 5. The fraction of sp³-hybridized carbons (Fsp3) is 0.214. The molecule has 110 valence electrons. The number of carbonyl (C=O) groups excluding carboxylic acids is 1. The Hall–Kier alpha value is -2.41. The molecule has 0 radical (unpaired) electrons. The number of aromatic nitrogens is 2. The van der Waals surface area contributed by atoms with Crippen LogP contribution >= 0.6 is 11.3 Å². The second-order valence-electron chi connectivity index (χ2n) is 4.58. The Bertz CT molecular complexity index is 687. The molecule has 21 heavy (non-hydrogen) atoms. The molecule has 0 unspecified atom stereocenters. The quantitative estimate of drug-likeness (QED) is 0.855. The van der Waals surface area contributed by atoms with Crippen LogP contribution in [-0.2, 0) is 18.4 Å². The van der Waals surface area contributed by atoms with Gasteiger partial charge in [-0.1, -0.05) is 0 Å². The monoisotopic (exact) mass is 305 g/mol. The summed E-state index contributed by atoms with van der Waals surface area (Å²) in [6.45, 7) is 0.460. The molecular formula is C14H15N3O3S. The van der Waals surface area contributed by atoms with E-state index in [0.29, 0.717) is 12.2 Å². The van der Waals surface area contributed by atoms with Crippen molar-refractivity contribution in [3.05, 3.63) is 46.2 Å². The minimum atomic E-state index is -0.978. The van der Waals surface area contributed by atoms with E-state index >= 15 is 0 Å². The van der Waals surface area contributed by atoms with Crippen LogP contribution in [0.3, 0.4) is 0 Å². The number of carboxylic acids is 1. The predicted octanol–water partition coefficient (Wildman–Crippen LogP) is 1.85. The third-order valence-electron chi connectivity index (χ3n) is 2.87. The lowest BCUT2D eigenvalue weighted by Crippen LogP contribution is -2.27. The van der Waals surface area contributed by atoms with Gasteiger partial charge in [-0.2, -0.15) is 0 Å². The smallest absolute Gasteiger partial charge is 0.328 e. The molecule has 0 fully saturated rings. The van der Waals surface area contributed by atoms with Crippen LogP contribution in [0.15, 0.2) is 30.0 Å². The summed E-state index contributed by atoms with van der Waals surface area (Å²) in [5, 5.41) is 10.5. The van der Waals surface area contributed by atoms with Gasteiger partial charge >= 0.3 is 5.97 Å². The molecule has 2 rings (SSSR count). The first-order chi connectivity index (χ1) is 9.97. The van der Waals surface area contributed by atoms with Crippen LogP contribution in [0.5, 0.6) is 0 Å². The molecule has 0 aliphatic carbocycles. The number of hydrogen-bond acceptors (Lipinski definition) is 4. The molecule has 0 saturated carbocycles. The van der Waals surface area contributed by atoms with Gasteiger partial charge in [-0.25, -0.2) is 9.78 Å². The van der Waals surface area contributed by atoms with Crippen molar-refractivity contribution in [3.63, 3.8) is 0 Å². The Morgan fingerprint density at radius 3 is 2.90 bits per heavy atom. The van der Waals surface area contributed by atoms with Gasteiger partial charge in [-0.3, -0.25) is 4.79 Å². The molecular weight excluding hydrogens is 290 g/mol. The van der Waals surface area contributed by atoms with Gasteiger partial charge in [0.15, 0.2) is 0 Å². The maximum Gasteiger partial charge on any atom is 0.328 e. The SMILES string of the molecule is CN(Cc1csc(/C=C/C(=O)O)c1)C(=O)c1cncn1C. The highest BCUT2D eigenvalue weighted by molar-refractivity contribution is 7.11. The molecule has 2 heterocycles. The minimum absolute atomic E-state index is 0.108. The average Bonchev–Trinajstić information content (AvgIpc) is 3.04. The van der Waals surface area contributed by atoms with Crippen molar-refractivity contribution in [3.8, 4) is 0 Å². The molecule has 0 atom stereocenters. The summed E-state index contributed by atoms with van der Waals surface area (Å²) in [7, 11) is 3.49. The number of hydrogen-bond donors (Lipinski definition) is 1. The Balaban J connectivity index is 2.03. The molecule has 0 aromatic carbocycles. The zero-order valence-corrected chi connectivity index (χ0v) is 12.5. The molecule has 2 aromatic rings. The topological polar surface area (TPSA) is 75.4 Å². The Morgan fingerprint density at radius 1 is 1.52 bits per heavy atom. The van der Waals surface area contributed by atoms with E-state index < -0.39 is 5.97 Å². The lowest BCUT2D eigenvalue weighted by Gasteiger charge is -2.16. The van der Waals surface area contributed by atoms with Gasteiger partial charge in [0.25, 0.3) is 5.91 Å². The number of nitrogens with zero attached hydrogens (tertiary/aromatic N) is 3. The molecule has 1 amide bonds. The average molecular weight is 305 g/mol. The summed E-state index contributed by atoms with van der Waals surface area (Å²) >= 11 is 1.44. The van der Waals surface area contributed by atoms with Crippen molar-refractivity contribution < 1.29 is 14.7 Å². The molecule has 7 heteroatoms. The standard InChI is InChI=1S/C14H15N3O3S/c1-16(14(20)12-6-15-9-17(12)2)7-10-5-11(21-8-10)3-4-13(18)19/h3-6,8-9H,7H2,1-2H3,(H,18,19)/b4-3+. The van der Waals surface area contributed by atoms with E-state index in [-0.39, 0.29) is 5.91 Å². The summed E-state index contributed by atoms with van der Waals surface area (Å²) in [6, 6.07) is 1.87. The molecule has 0 spiro atoms. The van der Waals surface area contributed by atoms with Gasteiger partial charge in [0.05, 0.1) is 12.5 Å². The molecule has 0 aliphatic heterocycles. The maximum absolute atomic E-state index is 12.2. The van der Waals surface area contributed by atoms with E-state index in [9.17, 15) is 9.59 Å². The molecule has 1 N–H and O–H groups in total. The summed E-state index contributed by atoms with van der Waals surface area (Å²) in [4.78, 5) is 29.1. The number of carbonyl (C=O) groups is 2. The highest BCUT2D eigenvalue weighted by Gasteiger charge is 2.15. The fourth-order valence-corrected chi connectivity index (χ4v) is 2.62. The third kappa shape index (κ3) is 3.79. The van der Waals surface area contributed by atoms with Gasteiger partial charge in [0.2, 0.25) is 0 Å². The van der Waals surface area contributed by atoms with Crippen LogP contribution < -0.4 is 0 Å². The summed E-state index contributed by atoms with van der Waals surface area (Å²) in [5.74, 6) is -1.09. The van der Waals surface area contributed by atoms with E-state index in [2.05, 4.69) is 4.98 Å². The lowest BCUT2D eigenvalue weighted by molar-refractivity contribution is -0.131. The Labute approximate surface area is 126 Å². The maximum atomic E-state index is 12.2. The van der Waals surface area contributed by atoms with E-state index in [0.717, 1.165) is 16.5 Å². The molecule has 0 aliphatic rings. The first kappa shape index (κ1) is 15.0. The van der Waals surface area contributed by atoms with Crippen LogP contribution in [0.25, 0.3) is 6.08 Å². The van der Waals surface area contributed by atoms with Crippen LogP contribution in [0, 0.1) is 0 Å². The molecule has 6 nitrogen and oxygen atoms in total. The van der Waals surface area contributed by atoms with Crippen LogP contribution in [-0.4, -0.2) is 38.5 Å². The first-order valence-electron chi connectivity index (χ1n) is 6.17. The van der Waals surface area contributed by atoms with Crippen molar-refractivity contribution in [1.82, 2.24) is 14.5 Å². The number of aryl methyl sites for hydroxylation is 1. The van der Waals surface area contributed by atoms with E-state index in [1.165, 1.54) is 17.5 Å². The van der Waals surface area contributed by atoms with Crippen molar-refractivity contribution in [2.75, 3.05) is 7.05 Å². The van der Waals surface area contributed by atoms with Gasteiger partial charge in [-0.15, -0.1) is 11.3 Å². The fourth-order valence-electron chi connectivity index (χ4n) is 1.82. The highest BCUT2D eigenvalue weighted by atomic mass is 32.1. The van der Waals surface area contributed by atoms with E-state index in [4.69, 9.17) is 5.11 Å².